The Hall–Kier alpha value is -0.160. The fraction of sp³-hybridized carbons (Fsp3) is 1.00. The summed E-state index contributed by atoms with van der Waals surface area (Å²) in [7, 11) is 0. The number of ether oxygens (including phenoxy) is 1. The van der Waals surface area contributed by atoms with Crippen molar-refractivity contribution in [3.8, 4) is 0 Å². The summed E-state index contributed by atoms with van der Waals surface area (Å²) in [5.74, 6) is 0.682. The standard InChI is InChI=1S/C15H32N2O2/c1-4-17(7-8-18)12-15(6-5-9-19-13-15)11-16-10-14(2)3/h14,16,18H,4-13H2,1-3H3. The number of aliphatic hydroxyl groups excluding tert-OH is 1. The number of likely N-dealkylation sites (N-methyl/N-ethyl adjacent to an activating group) is 1. The molecule has 1 saturated heterocycles. The molecule has 0 amide bonds. The van der Waals surface area contributed by atoms with Gasteiger partial charge in [-0.1, -0.05) is 20.8 Å². The van der Waals surface area contributed by atoms with Gasteiger partial charge in [0.1, 0.15) is 0 Å². The topological polar surface area (TPSA) is 44.7 Å². The smallest absolute Gasteiger partial charge is 0.0558 e. The van der Waals surface area contributed by atoms with Crippen LogP contribution in [0.3, 0.4) is 0 Å². The van der Waals surface area contributed by atoms with E-state index in [2.05, 4.69) is 31.0 Å². The SMILES string of the molecule is CCN(CCO)CC1(CNCC(C)C)CCCOC1. The molecule has 2 N–H and O–H groups in total. The van der Waals surface area contributed by atoms with E-state index in [0.29, 0.717) is 5.92 Å². The van der Waals surface area contributed by atoms with Gasteiger partial charge in [0.15, 0.2) is 0 Å². The molecule has 4 nitrogen and oxygen atoms in total. The van der Waals surface area contributed by atoms with Crippen LogP contribution in [0.1, 0.15) is 33.6 Å². The Morgan fingerprint density at radius 3 is 2.74 bits per heavy atom. The van der Waals surface area contributed by atoms with Crippen molar-refractivity contribution < 1.29 is 9.84 Å². The third-order valence-corrected chi connectivity index (χ3v) is 3.88. The van der Waals surface area contributed by atoms with Crippen LogP contribution in [0, 0.1) is 11.3 Å². The predicted molar refractivity (Wildman–Crippen MR) is 79.4 cm³/mol. The van der Waals surface area contributed by atoms with E-state index in [4.69, 9.17) is 9.84 Å². The zero-order valence-electron chi connectivity index (χ0n) is 13.0. The van der Waals surface area contributed by atoms with Crippen molar-refractivity contribution in [3.63, 3.8) is 0 Å². The van der Waals surface area contributed by atoms with Crippen LogP contribution in [0.5, 0.6) is 0 Å². The lowest BCUT2D eigenvalue weighted by atomic mass is 9.81. The van der Waals surface area contributed by atoms with Gasteiger partial charge in [-0.25, -0.2) is 0 Å². The molecule has 0 spiro atoms. The van der Waals surface area contributed by atoms with Crippen LogP contribution in [0.4, 0.5) is 0 Å². The molecule has 0 aromatic carbocycles. The van der Waals surface area contributed by atoms with Crippen molar-refractivity contribution in [2.45, 2.75) is 33.6 Å². The minimum absolute atomic E-state index is 0.221. The summed E-state index contributed by atoms with van der Waals surface area (Å²) >= 11 is 0. The highest BCUT2D eigenvalue weighted by Gasteiger charge is 2.34. The highest BCUT2D eigenvalue weighted by Crippen LogP contribution is 2.29. The molecule has 1 fully saturated rings. The number of nitrogens with one attached hydrogen (secondary N) is 1. The number of aliphatic hydroxyl groups is 1. The summed E-state index contributed by atoms with van der Waals surface area (Å²) in [4.78, 5) is 2.34. The molecule has 4 heteroatoms. The third kappa shape index (κ3) is 6.21. The van der Waals surface area contributed by atoms with Crippen molar-refractivity contribution in [3.05, 3.63) is 0 Å². The van der Waals surface area contributed by atoms with Gasteiger partial charge < -0.3 is 20.1 Å². The summed E-state index contributed by atoms with van der Waals surface area (Å²) in [6.07, 6.45) is 2.38. The minimum atomic E-state index is 0.221. The van der Waals surface area contributed by atoms with E-state index < -0.39 is 0 Å². The Bertz CT molecular complexity index is 228. The molecule has 19 heavy (non-hydrogen) atoms. The predicted octanol–water partition coefficient (Wildman–Crippen LogP) is 1.34. The molecule has 0 aromatic heterocycles. The Morgan fingerprint density at radius 2 is 2.21 bits per heavy atom. The summed E-state index contributed by atoms with van der Waals surface area (Å²) in [5, 5.41) is 12.7. The van der Waals surface area contributed by atoms with Gasteiger partial charge in [0.05, 0.1) is 13.2 Å². The summed E-state index contributed by atoms with van der Waals surface area (Å²) < 4.78 is 5.74. The molecule has 0 bridgehead atoms. The fourth-order valence-electron chi connectivity index (χ4n) is 2.82. The van der Waals surface area contributed by atoms with Crippen LogP contribution in [-0.4, -0.2) is 62.6 Å². The molecule has 1 atom stereocenters. The number of rotatable bonds is 9. The quantitative estimate of drug-likeness (QED) is 0.665. The minimum Gasteiger partial charge on any atom is -0.395 e. The Morgan fingerprint density at radius 1 is 1.42 bits per heavy atom. The summed E-state index contributed by atoms with van der Waals surface area (Å²) in [5.41, 5.74) is 0.221. The largest absolute Gasteiger partial charge is 0.395 e. The second kappa shape index (κ2) is 8.90. The first-order chi connectivity index (χ1) is 9.12. The van der Waals surface area contributed by atoms with Gasteiger partial charge in [0, 0.05) is 31.7 Å². The number of nitrogens with zero attached hydrogens (tertiary/aromatic N) is 1. The van der Waals surface area contributed by atoms with Gasteiger partial charge in [0.25, 0.3) is 0 Å². The van der Waals surface area contributed by atoms with Crippen LogP contribution in [0.2, 0.25) is 0 Å². The van der Waals surface area contributed by atoms with E-state index in [1.807, 2.05) is 0 Å². The first-order valence-electron chi connectivity index (χ1n) is 7.73. The van der Waals surface area contributed by atoms with Gasteiger partial charge in [-0.05, 0) is 31.8 Å². The molecule has 0 aliphatic carbocycles. The Kier molecular flexibility index (Phi) is 7.91. The molecular formula is C15H32N2O2. The fourth-order valence-corrected chi connectivity index (χ4v) is 2.82. The second-order valence-electron chi connectivity index (χ2n) is 6.27. The summed E-state index contributed by atoms with van der Waals surface area (Å²) in [6.45, 7) is 13.5. The van der Waals surface area contributed by atoms with Crippen molar-refractivity contribution >= 4 is 0 Å². The van der Waals surface area contributed by atoms with Crippen molar-refractivity contribution in [1.82, 2.24) is 10.2 Å². The van der Waals surface area contributed by atoms with Gasteiger partial charge in [-0.2, -0.15) is 0 Å². The van der Waals surface area contributed by atoms with Crippen molar-refractivity contribution in [2.24, 2.45) is 11.3 Å². The monoisotopic (exact) mass is 272 g/mol. The van der Waals surface area contributed by atoms with E-state index in [1.165, 1.54) is 6.42 Å². The van der Waals surface area contributed by atoms with E-state index >= 15 is 0 Å². The number of hydrogen-bond donors (Lipinski definition) is 2. The molecule has 0 saturated carbocycles. The van der Waals surface area contributed by atoms with Crippen molar-refractivity contribution in [2.75, 3.05) is 52.5 Å². The van der Waals surface area contributed by atoms with E-state index in [0.717, 1.165) is 52.4 Å². The maximum absolute atomic E-state index is 9.14. The third-order valence-electron chi connectivity index (χ3n) is 3.88. The van der Waals surface area contributed by atoms with E-state index in [9.17, 15) is 0 Å². The highest BCUT2D eigenvalue weighted by molar-refractivity contribution is 4.87. The average molecular weight is 272 g/mol. The van der Waals surface area contributed by atoms with Crippen LogP contribution < -0.4 is 5.32 Å². The highest BCUT2D eigenvalue weighted by atomic mass is 16.5. The molecule has 1 heterocycles. The van der Waals surface area contributed by atoms with Gasteiger partial charge >= 0.3 is 0 Å². The average Bonchev–Trinajstić information content (AvgIpc) is 2.39. The lowest BCUT2D eigenvalue weighted by Crippen LogP contribution is -2.50. The van der Waals surface area contributed by atoms with E-state index in [-0.39, 0.29) is 12.0 Å². The zero-order valence-corrected chi connectivity index (χ0v) is 13.0. The van der Waals surface area contributed by atoms with Crippen LogP contribution in [0.15, 0.2) is 0 Å². The number of hydrogen-bond acceptors (Lipinski definition) is 4. The maximum Gasteiger partial charge on any atom is 0.0558 e. The lowest BCUT2D eigenvalue weighted by molar-refractivity contribution is -0.0274. The van der Waals surface area contributed by atoms with Crippen LogP contribution in [-0.2, 0) is 4.74 Å². The van der Waals surface area contributed by atoms with Gasteiger partial charge in [0.2, 0.25) is 0 Å². The molecule has 0 radical (unpaired) electrons. The Labute approximate surface area is 118 Å². The van der Waals surface area contributed by atoms with Gasteiger partial charge in [-0.3, -0.25) is 0 Å². The second-order valence-corrected chi connectivity index (χ2v) is 6.27. The maximum atomic E-state index is 9.14. The molecule has 0 aromatic rings. The van der Waals surface area contributed by atoms with E-state index in [1.54, 1.807) is 0 Å². The lowest BCUT2D eigenvalue weighted by Gasteiger charge is -2.41. The van der Waals surface area contributed by atoms with Crippen LogP contribution >= 0.6 is 0 Å². The molecule has 1 aliphatic heterocycles. The molecule has 1 unspecified atom stereocenters. The van der Waals surface area contributed by atoms with Gasteiger partial charge in [-0.15, -0.1) is 0 Å². The normalized spacial score (nSPS) is 24.3. The molecule has 1 aliphatic rings. The summed E-state index contributed by atoms with van der Waals surface area (Å²) in [6, 6.07) is 0. The zero-order chi connectivity index (χ0) is 14.1. The first kappa shape index (κ1) is 16.9. The molecular weight excluding hydrogens is 240 g/mol. The first-order valence-corrected chi connectivity index (χ1v) is 7.73. The molecule has 1 rings (SSSR count). The molecule has 114 valence electrons. The Balaban J connectivity index is 2.53. The van der Waals surface area contributed by atoms with Crippen molar-refractivity contribution in [1.29, 1.82) is 0 Å². The van der Waals surface area contributed by atoms with Crippen LogP contribution in [0.25, 0.3) is 0 Å².